The number of fused-ring (bicyclic) bond motifs is 3. The van der Waals surface area contributed by atoms with E-state index in [1.807, 2.05) is 16.7 Å². The fourth-order valence-corrected chi connectivity index (χ4v) is 4.49. The van der Waals surface area contributed by atoms with Gasteiger partial charge in [0, 0.05) is 30.8 Å². The van der Waals surface area contributed by atoms with Crippen LogP contribution in [0.25, 0.3) is 11.2 Å². The molecule has 1 aliphatic rings. The van der Waals surface area contributed by atoms with Gasteiger partial charge in [0.25, 0.3) is 5.56 Å². The molecule has 0 fully saturated rings. The molecule has 0 bridgehead atoms. The summed E-state index contributed by atoms with van der Waals surface area (Å²) < 4.78 is 4.63. The lowest BCUT2D eigenvalue weighted by atomic mass is 10.1. The smallest absolute Gasteiger partial charge is 0.310 e. The van der Waals surface area contributed by atoms with Crippen LogP contribution in [0.3, 0.4) is 0 Å². The Morgan fingerprint density at radius 3 is 2.65 bits per heavy atom. The Balaban J connectivity index is 1.69. The summed E-state index contributed by atoms with van der Waals surface area (Å²) in [6.45, 7) is 5.63. The maximum atomic E-state index is 13.4. The van der Waals surface area contributed by atoms with Crippen molar-refractivity contribution in [3.8, 4) is 0 Å². The molecule has 0 saturated heterocycles. The number of anilines is 2. The van der Waals surface area contributed by atoms with Crippen LogP contribution < -0.4 is 16.1 Å². The molecule has 0 N–H and O–H groups in total. The molecule has 0 saturated carbocycles. The first-order chi connectivity index (χ1) is 14.8. The molecule has 7 nitrogen and oxygen atoms in total. The van der Waals surface area contributed by atoms with Crippen molar-refractivity contribution < 1.29 is 0 Å². The third-order valence-electron chi connectivity index (χ3n) is 5.89. The fraction of sp³-hybridized carbons (Fsp3) is 0.261. The molecule has 31 heavy (non-hydrogen) atoms. The van der Waals surface area contributed by atoms with Crippen molar-refractivity contribution in [3.63, 3.8) is 0 Å². The van der Waals surface area contributed by atoms with Crippen molar-refractivity contribution in [1.82, 2.24) is 18.7 Å². The molecule has 2 aromatic carbocycles. The minimum atomic E-state index is -0.396. The number of hydrogen-bond acceptors (Lipinski definition) is 4. The first-order valence-electron chi connectivity index (χ1n) is 10.1. The zero-order valence-electron chi connectivity index (χ0n) is 17.6. The van der Waals surface area contributed by atoms with Crippen LogP contribution in [0, 0.1) is 13.8 Å². The molecule has 0 atom stereocenters. The van der Waals surface area contributed by atoms with Crippen LogP contribution in [-0.2, 0) is 20.1 Å². The number of nitrogens with zero attached hydrogens (tertiary/aromatic N) is 5. The second-order valence-corrected chi connectivity index (χ2v) is 8.48. The molecule has 4 aromatic rings. The molecule has 0 aliphatic carbocycles. The Kier molecular flexibility index (Phi) is 4.51. The molecule has 0 unspecified atom stereocenters. The van der Waals surface area contributed by atoms with Gasteiger partial charge >= 0.3 is 5.69 Å². The molecule has 0 amide bonds. The zero-order valence-corrected chi connectivity index (χ0v) is 18.3. The van der Waals surface area contributed by atoms with Crippen LogP contribution in [0.4, 0.5) is 11.6 Å². The highest BCUT2D eigenvalue weighted by Crippen LogP contribution is 2.34. The Labute approximate surface area is 183 Å². The summed E-state index contributed by atoms with van der Waals surface area (Å²) in [5.41, 5.74) is 4.29. The van der Waals surface area contributed by atoms with E-state index in [0.29, 0.717) is 28.7 Å². The summed E-state index contributed by atoms with van der Waals surface area (Å²) in [7, 11) is 1.66. The van der Waals surface area contributed by atoms with Crippen molar-refractivity contribution in [2.45, 2.75) is 26.9 Å². The zero-order chi connectivity index (χ0) is 21.9. The highest BCUT2D eigenvalue weighted by atomic mass is 35.5. The van der Waals surface area contributed by atoms with Gasteiger partial charge in [-0.05, 0) is 48.7 Å². The maximum Gasteiger partial charge on any atom is 0.332 e. The van der Waals surface area contributed by atoms with E-state index in [1.54, 1.807) is 19.2 Å². The number of benzene rings is 2. The van der Waals surface area contributed by atoms with Gasteiger partial charge in [-0.3, -0.25) is 13.9 Å². The van der Waals surface area contributed by atoms with Crippen molar-refractivity contribution in [1.29, 1.82) is 0 Å². The number of rotatable bonds is 3. The van der Waals surface area contributed by atoms with Gasteiger partial charge in [-0.15, -0.1) is 0 Å². The Morgan fingerprint density at radius 1 is 1.06 bits per heavy atom. The quantitative estimate of drug-likeness (QED) is 0.495. The minimum absolute atomic E-state index is 0.156. The number of aryl methyl sites for hydroxylation is 3. The molecule has 3 heterocycles. The van der Waals surface area contributed by atoms with Gasteiger partial charge in [0.1, 0.15) is 0 Å². The second-order valence-electron chi connectivity index (χ2n) is 8.04. The highest BCUT2D eigenvalue weighted by molar-refractivity contribution is 6.30. The van der Waals surface area contributed by atoms with E-state index in [-0.39, 0.29) is 12.1 Å². The lowest BCUT2D eigenvalue weighted by Crippen LogP contribution is -2.40. The SMILES string of the molecule is Cc1ccc(C)c(N2CCn3c2nc2c3c(=O)n(Cc3cccc(Cl)c3)c(=O)n2C)c1. The van der Waals surface area contributed by atoms with Crippen LogP contribution in [-0.4, -0.2) is 25.2 Å². The first kappa shape index (κ1) is 19.6. The van der Waals surface area contributed by atoms with Crippen molar-refractivity contribution >= 4 is 34.4 Å². The normalized spacial score (nSPS) is 13.2. The van der Waals surface area contributed by atoms with E-state index < -0.39 is 5.69 Å². The summed E-state index contributed by atoms with van der Waals surface area (Å²) in [6, 6.07) is 13.5. The third kappa shape index (κ3) is 3.08. The highest BCUT2D eigenvalue weighted by Gasteiger charge is 2.29. The van der Waals surface area contributed by atoms with Crippen LogP contribution in [0.5, 0.6) is 0 Å². The number of imidazole rings is 1. The van der Waals surface area contributed by atoms with Gasteiger partial charge in [-0.2, -0.15) is 4.98 Å². The van der Waals surface area contributed by atoms with Gasteiger partial charge in [-0.25, -0.2) is 4.79 Å². The van der Waals surface area contributed by atoms with Crippen molar-refractivity contribution in [3.05, 3.63) is 85.0 Å². The summed E-state index contributed by atoms with van der Waals surface area (Å²) in [4.78, 5) is 33.3. The van der Waals surface area contributed by atoms with E-state index >= 15 is 0 Å². The standard InChI is InChI=1S/C23H22ClN5O2/c1-14-7-8-15(2)18(11-14)27-9-10-28-19-20(25-22(27)28)26(3)23(31)29(21(19)30)13-16-5-4-6-17(24)12-16/h4-8,11-12H,9-10,13H2,1-3H3. The molecular formula is C23H22ClN5O2. The molecule has 2 aromatic heterocycles. The van der Waals surface area contributed by atoms with E-state index in [2.05, 4.69) is 36.9 Å². The van der Waals surface area contributed by atoms with Crippen LogP contribution >= 0.6 is 11.6 Å². The lowest BCUT2D eigenvalue weighted by molar-refractivity contribution is 0.652. The molecule has 0 radical (unpaired) electrons. The molecule has 1 aliphatic heterocycles. The monoisotopic (exact) mass is 435 g/mol. The topological polar surface area (TPSA) is 65.1 Å². The van der Waals surface area contributed by atoms with Crippen LogP contribution in [0.1, 0.15) is 16.7 Å². The lowest BCUT2D eigenvalue weighted by Gasteiger charge is -2.19. The summed E-state index contributed by atoms with van der Waals surface area (Å²) >= 11 is 6.08. The Bertz CT molecular complexity index is 1460. The molecule has 5 rings (SSSR count). The number of halogens is 1. The van der Waals surface area contributed by atoms with Gasteiger partial charge in [0.05, 0.1) is 6.54 Å². The largest absolute Gasteiger partial charge is 0.332 e. The van der Waals surface area contributed by atoms with Gasteiger partial charge in [-0.1, -0.05) is 35.9 Å². The van der Waals surface area contributed by atoms with E-state index in [1.165, 1.54) is 9.13 Å². The van der Waals surface area contributed by atoms with Gasteiger partial charge in [0.15, 0.2) is 11.2 Å². The van der Waals surface area contributed by atoms with E-state index in [4.69, 9.17) is 16.6 Å². The summed E-state index contributed by atoms with van der Waals surface area (Å²) in [5, 5.41) is 0.567. The van der Waals surface area contributed by atoms with E-state index in [9.17, 15) is 9.59 Å². The minimum Gasteiger partial charge on any atom is -0.310 e. The first-order valence-corrected chi connectivity index (χ1v) is 10.5. The van der Waals surface area contributed by atoms with Crippen molar-refractivity contribution in [2.24, 2.45) is 7.05 Å². The van der Waals surface area contributed by atoms with Crippen LogP contribution in [0.2, 0.25) is 5.02 Å². The Morgan fingerprint density at radius 2 is 1.87 bits per heavy atom. The number of hydrogen-bond donors (Lipinski definition) is 0. The van der Waals surface area contributed by atoms with Crippen LogP contribution in [0.15, 0.2) is 52.1 Å². The summed E-state index contributed by atoms with van der Waals surface area (Å²) in [5.74, 6) is 0.691. The third-order valence-corrected chi connectivity index (χ3v) is 6.12. The van der Waals surface area contributed by atoms with Gasteiger partial charge < -0.3 is 9.47 Å². The predicted octanol–water partition coefficient (Wildman–Crippen LogP) is 3.37. The van der Waals surface area contributed by atoms with Gasteiger partial charge in [0.2, 0.25) is 5.95 Å². The van der Waals surface area contributed by atoms with E-state index in [0.717, 1.165) is 28.9 Å². The maximum absolute atomic E-state index is 13.4. The molecule has 0 spiro atoms. The fourth-order valence-electron chi connectivity index (χ4n) is 4.27. The average Bonchev–Trinajstić information content (AvgIpc) is 3.31. The second kappa shape index (κ2) is 7.13. The number of aromatic nitrogens is 4. The molecule has 158 valence electrons. The average molecular weight is 436 g/mol. The molecule has 8 heteroatoms. The van der Waals surface area contributed by atoms with Crippen molar-refractivity contribution in [2.75, 3.05) is 11.4 Å². The Hall–Kier alpha value is -3.32. The predicted molar refractivity (Wildman–Crippen MR) is 123 cm³/mol. The molecular weight excluding hydrogens is 414 g/mol. The summed E-state index contributed by atoms with van der Waals surface area (Å²) in [6.07, 6.45) is 0.